The van der Waals surface area contributed by atoms with E-state index in [1.807, 2.05) is 0 Å². The van der Waals surface area contributed by atoms with E-state index in [1.54, 1.807) is 0 Å². The first-order valence-corrected chi connectivity index (χ1v) is 8.60. The van der Waals surface area contributed by atoms with Crippen molar-refractivity contribution in [1.82, 2.24) is 10.1 Å². The summed E-state index contributed by atoms with van der Waals surface area (Å²) >= 11 is 0. The minimum atomic E-state index is -0.0223. The Kier molecular flexibility index (Phi) is 4.04. The number of benzene rings is 1. The number of rotatable bonds is 3. The third-order valence-corrected chi connectivity index (χ3v) is 4.92. The van der Waals surface area contributed by atoms with Crippen molar-refractivity contribution in [1.29, 1.82) is 0 Å². The van der Waals surface area contributed by atoms with Crippen LogP contribution in [0.2, 0.25) is 0 Å². The lowest BCUT2D eigenvalue weighted by atomic mass is 9.98. The average molecular weight is 313 g/mol. The van der Waals surface area contributed by atoms with Crippen molar-refractivity contribution in [3.05, 3.63) is 30.2 Å². The van der Waals surface area contributed by atoms with Crippen molar-refractivity contribution < 1.29 is 9.26 Å². The highest BCUT2D eigenvalue weighted by Crippen LogP contribution is 2.29. The van der Waals surface area contributed by atoms with E-state index >= 15 is 0 Å². The Morgan fingerprint density at radius 1 is 1.09 bits per heavy atom. The third-order valence-electron chi connectivity index (χ3n) is 4.92. The standard InChI is InChI=1S/C18H23N3O2/c1-13-8-10-21(11-9-13)15-6-4-14(5-7-15)17-19-18(23-20-17)16-3-2-12-22-16/h4-7,13,16H,2-3,8-12H2,1H3. The number of hydrogen-bond donors (Lipinski definition) is 0. The Morgan fingerprint density at radius 2 is 1.87 bits per heavy atom. The molecule has 0 radical (unpaired) electrons. The molecule has 4 rings (SSSR count). The third kappa shape index (κ3) is 3.11. The molecule has 2 saturated heterocycles. The second-order valence-electron chi connectivity index (χ2n) is 6.67. The van der Waals surface area contributed by atoms with Crippen LogP contribution in [0.4, 0.5) is 5.69 Å². The second kappa shape index (κ2) is 6.32. The van der Waals surface area contributed by atoms with E-state index in [0.29, 0.717) is 11.7 Å². The smallest absolute Gasteiger partial charge is 0.256 e. The molecule has 5 heteroatoms. The molecule has 122 valence electrons. The number of hydrogen-bond acceptors (Lipinski definition) is 5. The zero-order valence-corrected chi connectivity index (χ0v) is 13.6. The van der Waals surface area contributed by atoms with Crippen molar-refractivity contribution in [3.8, 4) is 11.4 Å². The van der Waals surface area contributed by atoms with E-state index in [4.69, 9.17) is 9.26 Å². The van der Waals surface area contributed by atoms with Gasteiger partial charge >= 0.3 is 0 Å². The predicted octanol–water partition coefficient (Wildman–Crippen LogP) is 3.82. The van der Waals surface area contributed by atoms with E-state index in [-0.39, 0.29) is 6.10 Å². The average Bonchev–Trinajstić information content (AvgIpc) is 3.27. The van der Waals surface area contributed by atoms with Gasteiger partial charge in [0.15, 0.2) is 0 Å². The van der Waals surface area contributed by atoms with Gasteiger partial charge < -0.3 is 14.2 Å². The molecule has 1 unspecified atom stereocenters. The van der Waals surface area contributed by atoms with Gasteiger partial charge in [0.1, 0.15) is 6.10 Å². The van der Waals surface area contributed by atoms with Gasteiger partial charge in [-0.2, -0.15) is 4.98 Å². The summed E-state index contributed by atoms with van der Waals surface area (Å²) in [6.45, 7) is 5.41. The summed E-state index contributed by atoms with van der Waals surface area (Å²) in [4.78, 5) is 6.95. The maximum atomic E-state index is 5.59. The first kappa shape index (κ1) is 14.7. The normalized spacial score (nSPS) is 22.7. The minimum Gasteiger partial charge on any atom is -0.372 e. The van der Waals surface area contributed by atoms with Crippen molar-refractivity contribution in [2.24, 2.45) is 5.92 Å². The van der Waals surface area contributed by atoms with Gasteiger partial charge in [0.05, 0.1) is 0 Å². The zero-order valence-electron chi connectivity index (χ0n) is 13.6. The van der Waals surface area contributed by atoms with Crippen molar-refractivity contribution >= 4 is 5.69 Å². The molecule has 2 fully saturated rings. The molecular formula is C18H23N3O2. The highest BCUT2D eigenvalue weighted by Gasteiger charge is 2.24. The molecule has 0 aliphatic carbocycles. The lowest BCUT2D eigenvalue weighted by molar-refractivity contribution is 0.0835. The summed E-state index contributed by atoms with van der Waals surface area (Å²) in [6.07, 6.45) is 4.56. The monoisotopic (exact) mass is 313 g/mol. The molecule has 0 spiro atoms. The van der Waals surface area contributed by atoms with Crippen molar-refractivity contribution in [3.63, 3.8) is 0 Å². The van der Waals surface area contributed by atoms with Gasteiger partial charge in [-0.15, -0.1) is 0 Å². The number of ether oxygens (including phenoxy) is 1. The maximum Gasteiger partial charge on any atom is 0.256 e. The van der Waals surface area contributed by atoms with Gasteiger partial charge in [-0.05, 0) is 55.9 Å². The lowest BCUT2D eigenvalue weighted by Gasteiger charge is -2.32. The van der Waals surface area contributed by atoms with Crippen LogP contribution in [-0.2, 0) is 4.74 Å². The number of aromatic nitrogens is 2. The number of piperidine rings is 1. The molecule has 3 heterocycles. The Hall–Kier alpha value is -1.88. The summed E-state index contributed by atoms with van der Waals surface area (Å²) in [5.41, 5.74) is 2.27. The molecule has 2 aromatic rings. The molecule has 1 atom stereocenters. The molecule has 0 amide bonds. The lowest BCUT2D eigenvalue weighted by Crippen LogP contribution is -2.32. The summed E-state index contributed by atoms with van der Waals surface area (Å²) in [5.74, 6) is 2.10. The maximum absolute atomic E-state index is 5.59. The van der Waals surface area contributed by atoms with Gasteiger partial charge in [0.2, 0.25) is 5.82 Å². The number of anilines is 1. The number of nitrogens with zero attached hydrogens (tertiary/aromatic N) is 3. The molecule has 0 N–H and O–H groups in total. The van der Waals surface area contributed by atoms with E-state index in [9.17, 15) is 0 Å². The molecule has 1 aromatic heterocycles. The summed E-state index contributed by atoms with van der Waals surface area (Å²) in [6, 6.07) is 8.48. The summed E-state index contributed by atoms with van der Waals surface area (Å²) in [5, 5.41) is 4.10. The van der Waals surface area contributed by atoms with Gasteiger partial charge in [0, 0.05) is 30.9 Å². The Morgan fingerprint density at radius 3 is 2.57 bits per heavy atom. The Balaban J connectivity index is 1.47. The fourth-order valence-electron chi connectivity index (χ4n) is 3.34. The van der Waals surface area contributed by atoms with Crippen LogP contribution in [0, 0.1) is 5.92 Å². The Bertz CT molecular complexity index is 639. The van der Waals surface area contributed by atoms with E-state index in [1.165, 1.54) is 18.5 Å². The highest BCUT2D eigenvalue weighted by molar-refractivity contribution is 5.60. The SMILES string of the molecule is CC1CCN(c2ccc(-c3noc(C4CCCO4)n3)cc2)CC1. The molecule has 5 nitrogen and oxygen atoms in total. The zero-order chi connectivity index (χ0) is 15.6. The van der Waals surface area contributed by atoms with Gasteiger partial charge in [-0.1, -0.05) is 12.1 Å². The molecule has 0 saturated carbocycles. The highest BCUT2D eigenvalue weighted by atomic mass is 16.5. The predicted molar refractivity (Wildman–Crippen MR) is 88.3 cm³/mol. The van der Waals surface area contributed by atoms with Crippen molar-refractivity contribution in [2.45, 2.75) is 38.7 Å². The van der Waals surface area contributed by atoms with Gasteiger partial charge in [-0.25, -0.2) is 0 Å². The van der Waals surface area contributed by atoms with Crippen LogP contribution < -0.4 is 4.90 Å². The fraction of sp³-hybridized carbons (Fsp3) is 0.556. The van der Waals surface area contributed by atoms with Crippen molar-refractivity contribution in [2.75, 3.05) is 24.6 Å². The first-order valence-electron chi connectivity index (χ1n) is 8.60. The van der Waals surface area contributed by atoms with Crippen LogP contribution in [0.15, 0.2) is 28.8 Å². The van der Waals surface area contributed by atoms with E-state index < -0.39 is 0 Å². The van der Waals surface area contributed by atoms with Crippen LogP contribution in [0.3, 0.4) is 0 Å². The van der Waals surface area contributed by atoms with Crippen LogP contribution in [0.5, 0.6) is 0 Å². The van der Waals surface area contributed by atoms with E-state index in [2.05, 4.69) is 46.2 Å². The Labute approximate surface area is 136 Å². The van der Waals surface area contributed by atoms with Crippen LogP contribution in [0.25, 0.3) is 11.4 Å². The van der Waals surface area contributed by atoms with Crippen LogP contribution in [-0.4, -0.2) is 29.8 Å². The molecule has 2 aliphatic rings. The molecule has 1 aromatic carbocycles. The summed E-state index contributed by atoms with van der Waals surface area (Å²) in [7, 11) is 0. The minimum absolute atomic E-state index is 0.0223. The van der Waals surface area contributed by atoms with Crippen LogP contribution >= 0.6 is 0 Å². The summed E-state index contributed by atoms with van der Waals surface area (Å²) < 4.78 is 11.0. The fourth-order valence-corrected chi connectivity index (χ4v) is 3.34. The van der Waals surface area contributed by atoms with E-state index in [0.717, 1.165) is 44.0 Å². The van der Waals surface area contributed by atoms with Crippen LogP contribution in [0.1, 0.15) is 44.6 Å². The first-order chi connectivity index (χ1) is 11.3. The molecule has 2 aliphatic heterocycles. The quantitative estimate of drug-likeness (QED) is 0.862. The molecule has 0 bridgehead atoms. The second-order valence-corrected chi connectivity index (χ2v) is 6.67. The van der Waals surface area contributed by atoms with Gasteiger partial charge in [0.25, 0.3) is 5.89 Å². The molecule has 23 heavy (non-hydrogen) atoms. The largest absolute Gasteiger partial charge is 0.372 e. The molecular weight excluding hydrogens is 290 g/mol. The topological polar surface area (TPSA) is 51.4 Å². The van der Waals surface area contributed by atoms with Gasteiger partial charge in [-0.3, -0.25) is 0 Å².